The van der Waals surface area contributed by atoms with E-state index in [9.17, 15) is 5.11 Å². The van der Waals surface area contributed by atoms with Crippen molar-refractivity contribution in [2.24, 2.45) is 0 Å². The molecule has 5 rings (SSSR count). The lowest BCUT2D eigenvalue weighted by Crippen LogP contribution is -2.43. The van der Waals surface area contributed by atoms with Crippen LogP contribution in [0.25, 0.3) is 16.9 Å². The molecule has 1 aromatic carbocycles. The summed E-state index contributed by atoms with van der Waals surface area (Å²) in [7, 11) is 0. The Balaban J connectivity index is 1.31. The summed E-state index contributed by atoms with van der Waals surface area (Å²) in [5.74, 6) is 0.657. The number of piperidine rings is 1. The molecule has 0 saturated carbocycles. The fourth-order valence-corrected chi connectivity index (χ4v) is 3.71. The maximum atomic E-state index is 10.4. The molecule has 3 aromatic rings. The number of rotatable bonds is 4. The van der Waals surface area contributed by atoms with Gasteiger partial charge in [-0.1, -0.05) is 12.2 Å². The average Bonchev–Trinajstić information content (AvgIpc) is 3.32. The first-order chi connectivity index (χ1) is 13.2. The average molecular weight is 361 g/mol. The number of ether oxygens (including phenoxy) is 1. The maximum Gasteiger partial charge on any atom is 0.233 e. The molecule has 2 N–H and O–H groups in total. The molecule has 2 bridgehead atoms. The van der Waals surface area contributed by atoms with Crippen molar-refractivity contribution in [3.05, 3.63) is 61.2 Å². The summed E-state index contributed by atoms with van der Waals surface area (Å²) in [6.45, 7) is 0. The lowest BCUT2D eigenvalue weighted by Gasteiger charge is -2.29. The van der Waals surface area contributed by atoms with Crippen LogP contribution in [0.4, 0.5) is 0 Å². The van der Waals surface area contributed by atoms with Gasteiger partial charge in [0.05, 0.1) is 17.7 Å². The van der Waals surface area contributed by atoms with Gasteiger partial charge in [0.25, 0.3) is 0 Å². The number of aromatic hydroxyl groups is 1. The number of benzene rings is 1. The van der Waals surface area contributed by atoms with Crippen LogP contribution in [0.3, 0.4) is 0 Å². The minimum atomic E-state index is 0.138. The molecule has 0 radical (unpaired) electrons. The zero-order valence-electron chi connectivity index (χ0n) is 14.6. The summed E-state index contributed by atoms with van der Waals surface area (Å²) >= 11 is 0. The van der Waals surface area contributed by atoms with Gasteiger partial charge >= 0.3 is 0 Å². The number of phenolic OH excluding ortho intramolecular Hbond substituents is 1. The van der Waals surface area contributed by atoms with E-state index in [0.717, 1.165) is 18.5 Å². The van der Waals surface area contributed by atoms with Gasteiger partial charge in [0.2, 0.25) is 5.88 Å². The summed E-state index contributed by atoms with van der Waals surface area (Å²) in [6.07, 6.45) is 11.6. The molecule has 0 aliphatic carbocycles. The van der Waals surface area contributed by atoms with Crippen molar-refractivity contribution in [1.82, 2.24) is 25.1 Å². The summed E-state index contributed by atoms with van der Waals surface area (Å²) in [6, 6.07) is 9.83. The van der Waals surface area contributed by atoms with E-state index < -0.39 is 0 Å². The molecule has 4 heterocycles. The second kappa shape index (κ2) is 6.51. The fourth-order valence-electron chi connectivity index (χ4n) is 3.71. The number of aromatic nitrogens is 4. The Hall–Kier alpha value is -3.19. The molecule has 7 nitrogen and oxygen atoms in total. The lowest BCUT2D eigenvalue weighted by atomic mass is 10.0. The standard InChI is InChI=1S/C20H19N5O2/c26-19-11-15(25-8-7-21-12-25)3-4-17(19)18-5-6-20(24-23-18)27-16-9-13-1-2-14(10-16)22-13/h1-8,11-14,16,22,26H,9-10H2/t13-,14+,16?. The lowest BCUT2D eigenvalue weighted by molar-refractivity contribution is 0.135. The Morgan fingerprint density at radius 3 is 2.59 bits per heavy atom. The van der Waals surface area contributed by atoms with E-state index in [1.807, 2.05) is 35.0 Å². The Morgan fingerprint density at radius 1 is 1.07 bits per heavy atom. The van der Waals surface area contributed by atoms with E-state index in [1.165, 1.54) is 0 Å². The van der Waals surface area contributed by atoms with Gasteiger partial charge in [-0.15, -0.1) is 10.2 Å². The van der Waals surface area contributed by atoms with Crippen LogP contribution < -0.4 is 10.1 Å². The van der Waals surface area contributed by atoms with Crippen molar-refractivity contribution in [1.29, 1.82) is 0 Å². The highest BCUT2D eigenvalue weighted by molar-refractivity contribution is 5.68. The minimum absolute atomic E-state index is 0.138. The summed E-state index contributed by atoms with van der Waals surface area (Å²) in [5, 5.41) is 22.3. The third-order valence-electron chi connectivity index (χ3n) is 5.02. The number of nitrogens with zero attached hydrogens (tertiary/aromatic N) is 4. The third-order valence-corrected chi connectivity index (χ3v) is 5.02. The number of phenols is 1. The van der Waals surface area contributed by atoms with Gasteiger partial charge in [-0.05, 0) is 18.2 Å². The molecular weight excluding hydrogens is 342 g/mol. The van der Waals surface area contributed by atoms with Crippen LogP contribution >= 0.6 is 0 Å². The SMILES string of the molecule is Oc1cc(-n2ccnc2)ccc1-c1ccc(OC2C[C@H]3C=C[C@@H](C2)N3)nn1. The second-order valence-corrected chi connectivity index (χ2v) is 6.90. The predicted molar refractivity (Wildman–Crippen MR) is 99.8 cm³/mol. The molecule has 136 valence electrons. The molecule has 27 heavy (non-hydrogen) atoms. The highest BCUT2D eigenvalue weighted by Crippen LogP contribution is 2.30. The zero-order chi connectivity index (χ0) is 18.2. The smallest absolute Gasteiger partial charge is 0.233 e. The molecule has 1 saturated heterocycles. The van der Waals surface area contributed by atoms with Crippen LogP contribution in [0.2, 0.25) is 0 Å². The molecule has 0 spiro atoms. The van der Waals surface area contributed by atoms with Gasteiger partial charge in [-0.2, -0.15) is 0 Å². The number of fused-ring (bicyclic) bond motifs is 2. The van der Waals surface area contributed by atoms with Gasteiger partial charge in [0.15, 0.2) is 0 Å². The second-order valence-electron chi connectivity index (χ2n) is 6.90. The number of imidazole rings is 1. The molecule has 3 atom stereocenters. The van der Waals surface area contributed by atoms with Crippen molar-refractivity contribution in [2.45, 2.75) is 31.0 Å². The van der Waals surface area contributed by atoms with Crippen molar-refractivity contribution < 1.29 is 9.84 Å². The molecule has 1 unspecified atom stereocenters. The summed E-state index contributed by atoms with van der Waals surface area (Å²) < 4.78 is 7.83. The monoisotopic (exact) mass is 361 g/mol. The molecule has 2 aliphatic rings. The summed E-state index contributed by atoms with van der Waals surface area (Å²) in [4.78, 5) is 4.02. The minimum Gasteiger partial charge on any atom is -0.507 e. The topological polar surface area (TPSA) is 85.1 Å². The van der Waals surface area contributed by atoms with Crippen LogP contribution in [-0.4, -0.2) is 43.0 Å². The molecule has 0 amide bonds. The number of hydrogen-bond donors (Lipinski definition) is 2. The quantitative estimate of drug-likeness (QED) is 0.695. The van der Waals surface area contributed by atoms with Crippen LogP contribution in [0.15, 0.2) is 61.2 Å². The predicted octanol–water partition coefficient (Wildman–Crippen LogP) is 2.47. The van der Waals surface area contributed by atoms with Crippen LogP contribution in [0.1, 0.15) is 12.8 Å². The van der Waals surface area contributed by atoms with Crippen LogP contribution in [0.5, 0.6) is 11.6 Å². The van der Waals surface area contributed by atoms with Gasteiger partial charge < -0.3 is 19.7 Å². The number of hydrogen-bond acceptors (Lipinski definition) is 6. The zero-order valence-corrected chi connectivity index (χ0v) is 14.6. The molecule has 1 fully saturated rings. The highest BCUT2D eigenvalue weighted by Gasteiger charge is 2.30. The van der Waals surface area contributed by atoms with Crippen LogP contribution in [-0.2, 0) is 0 Å². The van der Waals surface area contributed by atoms with Crippen molar-refractivity contribution in [3.8, 4) is 28.6 Å². The van der Waals surface area contributed by atoms with E-state index in [0.29, 0.717) is 29.2 Å². The Bertz CT molecular complexity index is 955. The molecular formula is C20H19N5O2. The van der Waals surface area contributed by atoms with E-state index in [1.54, 1.807) is 18.6 Å². The Labute approximate surface area is 156 Å². The van der Waals surface area contributed by atoms with E-state index >= 15 is 0 Å². The van der Waals surface area contributed by atoms with Gasteiger partial charge in [0.1, 0.15) is 11.9 Å². The van der Waals surface area contributed by atoms with Gasteiger partial charge in [-0.3, -0.25) is 0 Å². The summed E-state index contributed by atoms with van der Waals surface area (Å²) in [5.41, 5.74) is 2.06. The van der Waals surface area contributed by atoms with Crippen molar-refractivity contribution >= 4 is 0 Å². The number of nitrogens with one attached hydrogen (secondary N) is 1. The molecule has 7 heteroatoms. The first-order valence-electron chi connectivity index (χ1n) is 9.01. The first kappa shape index (κ1) is 16.0. The highest BCUT2D eigenvalue weighted by atomic mass is 16.5. The molecule has 2 aromatic heterocycles. The molecule has 2 aliphatic heterocycles. The maximum absolute atomic E-state index is 10.4. The first-order valence-corrected chi connectivity index (χ1v) is 9.01. The third kappa shape index (κ3) is 3.17. The van der Waals surface area contributed by atoms with Crippen molar-refractivity contribution in [3.63, 3.8) is 0 Å². The Morgan fingerprint density at radius 2 is 1.93 bits per heavy atom. The fraction of sp³-hybridized carbons (Fsp3) is 0.250. The van der Waals surface area contributed by atoms with Gasteiger partial charge in [-0.25, -0.2) is 4.98 Å². The van der Waals surface area contributed by atoms with Crippen LogP contribution in [0, 0.1) is 0 Å². The van der Waals surface area contributed by atoms with Crippen molar-refractivity contribution in [2.75, 3.05) is 0 Å². The van der Waals surface area contributed by atoms with E-state index in [2.05, 4.69) is 32.7 Å². The van der Waals surface area contributed by atoms with E-state index in [4.69, 9.17) is 4.74 Å². The van der Waals surface area contributed by atoms with E-state index in [-0.39, 0.29) is 11.9 Å². The Kier molecular flexibility index (Phi) is 3.86. The normalized spacial score (nSPS) is 23.5. The largest absolute Gasteiger partial charge is 0.507 e. The van der Waals surface area contributed by atoms with Gasteiger partial charge in [0, 0.05) is 55.0 Å².